The summed E-state index contributed by atoms with van der Waals surface area (Å²) in [7, 11) is 4.70. The van der Waals surface area contributed by atoms with Gasteiger partial charge >= 0.3 is 0 Å². The Morgan fingerprint density at radius 3 is 2.36 bits per heavy atom. The third-order valence-corrected chi connectivity index (χ3v) is 8.97. The van der Waals surface area contributed by atoms with Gasteiger partial charge in [-0.25, -0.2) is 0 Å². The molecule has 0 unspecified atom stereocenters. The Morgan fingerprint density at radius 2 is 1.83 bits per heavy atom. The minimum absolute atomic E-state index is 0.0204. The molecule has 0 bridgehead atoms. The highest BCUT2D eigenvalue weighted by Crippen LogP contribution is 2.53. The quantitative estimate of drug-likeness (QED) is 0.285. The van der Waals surface area contributed by atoms with Gasteiger partial charge in [0.25, 0.3) is 5.91 Å². The Bertz CT molecular complexity index is 1390. The summed E-state index contributed by atoms with van der Waals surface area (Å²) in [5.74, 6) is -6.31. The predicted octanol–water partition coefficient (Wildman–Crippen LogP) is 2.39. The number of rotatable bonds is 8. The van der Waals surface area contributed by atoms with Crippen LogP contribution >= 0.6 is 0 Å². The Hall–Kier alpha value is -3.41. The number of methoxy groups -OCH3 is 1. The van der Waals surface area contributed by atoms with Gasteiger partial charge < -0.3 is 30.9 Å². The number of primary amides is 1. The summed E-state index contributed by atoms with van der Waals surface area (Å²) in [6.07, 6.45) is 1.16. The SMILES string of the molecule is CCN(CCC(C)(C)C)Cc1cc(O)c2c(c1OC)C[C@H]1C[C@H]3[C@H](N(C)C)C(O)=C(C(N)=O)C(=O)[C@@]3(O)C(O)=C1C2=O. The molecule has 1 aromatic rings. The molecule has 0 aromatic heterocycles. The molecule has 0 heterocycles. The van der Waals surface area contributed by atoms with E-state index in [2.05, 4.69) is 32.6 Å². The first-order valence-electron chi connectivity index (χ1n) is 14.3. The second kappa shape index (κ2) is 11.0. The van der Waals surface area contributed by atoms with Gasteiger partial charge in [-0.3, -0.25) is 24.2 Å². The second-order valence-corrected chi connectivity index (χ2v) is 13.1. The van der Waals surface area contributed by atoms with Crippen molar-refractivity contribution in [2.24, 2.45) is 23.0 Å². The van der Waals surface area contributed by atoms with Gasteiger partial charge in [0.2, 0.25) is 5.78 Å². The van der Waals surface area contributed by atoms with Crippen LogP contribution in [0.5, 0.6) is 11.5 Å². The topological polar surface area (TPSA) is 174 Å². The van der Waals surface area contributed by atoms with Gasteiger partial charge in [-0.2, -0.15) is 0 Å². The van der Waals surface area contributed by atoms with Gasteiger partial charge in [0.15, 0.2) is 11.4 Å². The molecule has 0 radical (unpaired) electrons. The summed E-state index contributed by atoms with van der Waals surface area (Å²) in [5.41, 5.74) is 2.98. The molecule has 230 valence electrons. The zero-order valence-electron chi connectivity index (χ0n) is 25.4. The molecule has 0 aliphatic heterocycles. The normalized spacial score (nSPS) is 26.0. The average molecular weight is 586 g/mol. The number of benzene rings is 1. The average Bonchev–Trinajstić information content (AvgIpc) is 2.87. The number of aliphatic hydroxyl groups is 3. The molecule has 0 saturated heterocycles. The zero-order valence-corrected chi connectivity index (χ0v) is 25.4. The number of aromatic hydroxyl groups is 1. The van der Waals surface area contributed by atoms with Crippen LogP contribution in [0.15, 0.2) is 28.7 Å². The summed E-state index contributed by atoms with van der Waals surface area (Å²) < 4.78 is 5.83. The molecular weight excluding hydrogens is 542 g/mol. The molecule has 0 fully saturated rings. The largest absolute Gasteiger partial charge is 0.510 e. The van der Waals surface area contributed by atoms with Crippen molar-refractivity contribution in [2.45, 2.75) is 65.1 Å². The number of carbonyl (C=O) groups excluding carboxylic acids is 3. The van der Waals surface area contributed by atoms with Crippen LogP contribution < -0.4 is 10.5 Å². The number of allylic oxidation sites excluding steroid dienone is 1. The number of ether oxygens (including phenoxy) is 1. The summed E-state index contributed by atoms with van der Waals surface area (Å²) in [4.78, 5) is 43.3. The number of hydrogen-bond donors (Lipinski definition) is 5. The Balaban J connectivity index is 1.83. The van der Waals surface area contributed by atoms with Crippen molar-refractivity contribution in [3.63, 3.8) is 0 Å². The van der Waals surface area contributed by atoms with Crippen LogP contribution in [0.1, 0.15) is 62.0 Å². The van der Waals surface area contributed by atoms with E-state index in [1.807, 2.05) is 0 Å². The molecule has 4 atom stereocenters. The minimum atomic E-state index is -2.67. The van der Waals surface area contributed by atoms with E-state index < -0.39 is 58.0 Å². The van der Waals surface area contributed by atoms with Crippen LogP contribution in [0.2, 0.25) is 0 Å². The lowest BCUT2D eigenvalue weighted by Crippen LogP contribution is -2.63. The molecule has 42 heavy (non-hydrogen) atoms. The van der Waals surface area contributed by atoms with Crippen LogP contribution in [0.25, 0.3) is 0 Å². The number of carbonyl (C=O) groups is 3. The number of ketones is 2. The molecule has 6 N–H and O–H groups in total. The van der Waals surface area contributed by atoms with E-state index >= 15 is 0 Å². The van der Waals surface area contributed by atoms with E-state index in [1.54, 1.807) is 14.1 Å². The molecule has 1 aromatic carbocycles. The summed E-state index contributed by atoms with van der Waals surface area (Å²) in [6, 6.07) is 0.450. The Kier molecular flexibility index (Phi) is 8.27. The van der Waals surface area contributed by atoms with Crippen molar-refractivity contribution in [1.82, 2.24) is 9.80 Å². The van der Waals surface area contributed by atoms with Gasteiger partial charge in [-0.05, 0) is 63.8 Å². The molecule has 11 heteroatoms. The number of fused-ring (bicyclic) bond motifs is 3. The maximum Gasteiger partial charge on any atom is 0.255 e. The highest BCUT2D eigenvalue weighted by Gasteiger charge is 2.63. The van der Waals surface area contributed by atoms with Crippen molar-refractivity contribution in [3.05, 3.63) is 45.4 Å². The van der Waals surface area contributed by atoms with Gasteiger partial charge in [0.1, 0.15) is 28.6 Å². The Morgan fingerprint density at radius 1 is 1.19 bits per heavy atom. The minimum Gasteiger partial charge on any atom is -0.510 e. The fourth-order valence-corrected chi connectivity index (χ4v) is 6.82. The number of nitrogens with two attached hydrogens (primary N) is 1. The summed E-state index contributed by atoms with van der Waals surface area (Å²) >= 11 is 0. The summed E-state index contributed by atoms with van der Waals surface area (Å²) in [5, 5.41) is 45.3. The number of Topliss-reactive ketones (excluding diaryl/α,β-unsaturated/α-hetero) is 2. The number of phenols is 1. The highest BCUT2D eigenvalue weighted by atomic mass is 16.5. The standard InChI is InChI=1S/C31H43N3O8/c1-8-34(10-9-30(2,3)4)14-16-13-19(35)21-17(26(16)42-7)11-15-12-18-23(33(5)6)25(37)22(29(32)40)28(39)31(18,41)27(38)20(15)24(21)36/h13,15,18,23,35,37-38,41H,8-12,14H2,1-7H3,(H2,32,40)/t15-,18-,23-,31-/m0/s1. The van der Waals surface area contributed by atoms with E-state index in [4.69, 9.17) is 10.5 Å². The lowest BCUT2D eigenvalue weighted by molar-refractivity contribution is -0.148. The van der Waals surface area contributed by atoms with Gasteiger partial charge in [0.05, 0.1) is 18.7 Å². The predicted molar refractivity (Wildman–Crippen MR) is 155 cm³/mol. The van der Waals surface area contributed by atoms with Gasteiger partial charge in [0, 0.05) is 29.2 Å². The van der Waals surface area contributed by atoms with Crippen molar-refractivity contribution in [1.29, 1.82) is 0 Å². The van der Waals surface area contributed by atoms with Crippen molar-refractivity contribution in [2.75, 3.05) is 34.3 Å². The van der Waals surface area contributed by atoms with E-state index in [1.165, 1.54) is 18.1 Å². The monoisotopic (exact) mass is 585 g/mol. The number of aliphatic hydroxyl groups excluding tert-OH is 2. The maximum atomic E-state index is 13.9. The van der Waals surface area contributed by atoms with Crippen LogP contribution in [0.3, 0.4) is 0 Å². The van der Waals surface area contributed by atoms with Crippen LogP contribution in [-0.2, 0) is 22.6 Å². The number of nitrogens with zero attached hydrogens (tertiary/aromatic N) is 2. The first-order chi connectivity index (χ1) is 19.5. The first kappa shape index (κ1) is 31.5. The zero-order chi connectivity index (χ0) is 31.5. The highest BCUT2D eigenvalue weighted by molar-refractivity contribution is 6.24. The van der Waals surface area contributed by atoms with Crippen LogP contribution in [0.4, 0.5) is 0 Å². The van der Waals surface area contributed by atoms with E-state index in [-0.39, 0.29) is 35.1 Å². The van der Waals surface area contributed by atoms with Crippen LogP contribution in [0, 0.1) is 17.3 Å². The molecule has 11 nitrogen and oxygen atoms in total. The smallest absolute Gasteiger partial charge is 0.255 e. The molecule has 0 saturated carbocycles. The van der Waals surface area contributed by atoms with E-state index in [9.17, 15) is 34.8 Å². The molecule has 4 rings (SSSR count). The van der Waals surface area contributed by atoms with Crippen LogP contribution in [-0.4, -0.2) is 93.6 Å². The molecule has 1 amide bonds. The molecule has 3 aliphatic carbocycles. The number of phenolic OH excluding ortho intramolecular Hbond substituents is 1. The van der Waals surface area contributed by atoms with Gasteiger partial charge in [-0.15, -0.1) is 0 Å². The summed E-state index contributed by atoms with van der Waals surface area (Å²) in [6.45, 7) is 10.7. The number of likely N-dealkylation sites (N-methyl/N-ethyl adjacent to an activating group) is 1. The second-order valence-electron chi connectivity index (χ2n) is 13.1. The molecule has 0 spiro atoms. The van der Waals surface area contributed by atoms with Gasteiger partial charge in [-0.1, -0.05) is 27.7 Å². The molecular formula is C31H43N3O8. The lowest BCUT2D eigenvalue weighted by Gasteiger charge is -2.50. The lowest BCUT2D eigenvalue weighted by atomic mass is 9.58. The maximum absolute atomic E-state index is 13.9. The van der Waals surface area contributed by atoms with Crippen molar-refractivity contribution < 1.29 is 39.5 Å². The third-order valence-electron chi connectivity index (χ3n) is 8.97. The van der Waals surface area contributed by atoms with E-state index in [0.717, 1.165) is 19.5 Å². The van der Waals surface area contributed by atoms with Crippen molar-refractivity contribution in [3.8, 4) is 11.5 Å². The number of hydrogen-bond acceptors (Lipinski definition) is 10. The van der Waals surface area contributed by atoms with E-state index in [0.29, 0.717) is 23.4 Å². The number of amides is 1. The fourth-order valence-electron chi connectivity index (χ4n) is 6.82. The fraction of sp³-hybridized carbons (Fsp3) is 0.581. The first-order valence-corrected chi connectivity index (χ1v) is 14.3. The Labute approximate surface area is 246 Å². The third kappa shape index (κ3) is 4.97. The van der Waals surface area contributed by atoms with Crippen molar-refractivity contribution >= 4 is 17.5 Å². The molecule has 3 aliphatic rings.